The fourth-order valence-corrected chi connectivity index (χ4v) is 3.28. The number of rotatable bonds is 6. The van der Waals surface area contributed by atoms with E-state index in [1.54, 1.807) is 54.5 Å². The van der Waals surface area contributed by atoms with Crippen molar-refractivity contribution in [2.45, 2.75) is 19.4 Å². The molecule has 30 heavy (non-hydrogen) atoms. The van der Waals surface area contributed by atoms with Crippen molar-refractivity contribution in [1.29, 1.82) is 0 Å². The lowest BCUT2D eigenvalue weighted by atomic mass is 10.2. The number of hydrogen-bond acceptors (Lipinski definition) is 5. The van der Waals surface area contributed by atoms with Crippen LogP contribution in [0.4, 0.5) is 21.9 Å². The van der Waals surface area contributed by atoms with Gasteiger partial charge < -0.3 is 30.3 Å². The van der Waals surface area contributed by atoms with Gasteiger partial charge in [0.2, 0.25) is 11.8 Å². The van der Waals surface area contributed by atoms with Crippen LogP contribution in [0.3, 0.4) is 0 Å². The average Bonchev–Trinajstić information content (AvgIpc) is 3.06. The fourth-order valence-electron chi connectivity index (χ4n) is 3.28. The van der Waals surface area contributed by atoms with E-state index in [9.17, 15) is 14.4 Å². The number of hydrogen-bond donors (Lipinski definition) is 3. The van der Waals surface area contributed by atoms with Crippen LogP contribution in [0.5, 0.6) is 11.5 Å². The predicted molar refractivity (Wildman–Crippen MR) is 113 cm³/mol. The largest absolute Gasteiger partial charge is 0.493 e. The number of urea groups is 1. The van der Waals surface area contributed by atoms with Gasteiger partial charge in [-0.3, -0.25) is 9.59 Å². The Morgan fingerprint density at radius 3 is 2.37 bits per heavy atom. The maximum atomic E-state index is 12.5. The number of anilines is 3. The minimum absolute atomic E-state index is 0.0971. The molecule has 4 amide bonds. The van der Waals surface area contributed by atoms with Crippen LogP contribution in [0.25, 0.3) is 0 Å². The molecule has 3 N–H and O–H groups in total. The van der Waals surface area contributed by atoms with E-state index in [0.29, 0.717) is 35.1 Å². The van der Waals surface area contributed by atoms with Gasteiger partial charge in [0.15, 0.2) is 11.5 Å². The number of ether oxygens (including phenoxy) is 2. The van der Waals surface area contributed by atoms with E-state index >= 15 is 0 Å². The van der Waals surface area contributed by atoms with Crippen LogP contribution in [0.2, 0.25) is 0 Å². The number of methoxy groups -OCH3 is 2. The molecule has 0 saturated carbocycles. The first-order chi connectivity index (χ1) is 14.4. The second-order valence-corrected chi connectivity index (χ2v) is 6.81. The lowest BCUT2D eigenvalue weighted by molar-refractivity contribution is -0.117. The lowest BCUT2D eigenvalue weighted by Crippen LogP contribution is -2.39. The second-order valence-electron chi connectivity index (χ2n) is 6.81. The average molecular weight is 412 g/mol. The van der Waals surface area contributed by atoms with Crippen molar-refractivity contribution in [3.8, 4) is 11.5 Å². The van der Waals surface area contributed by atoms with Crippen molar-refractivity contribution in [2.75, 3.05) is 36.3 Å². The maximum Gasteiger partial charge on any atom is 0.319 e. The molecule has 1 unspecified atom stereocenters. The molecule has 1 saturated heterocycles. The molecule has 1 aliphatic heterocycles. The Labute approximate surface area is 174 Å². The molecule has 1 atom stereocenters. The van der Waals surface area contributed by atoms with Crippen LogP contribution in [0.1, 0.15) is 13.3 Å². The van der Waals surface area contributed by atoms with E-state index in [-0.39, 0.29) is 24.3 Å². The van der Waals surface area contributed by atoms with Gasteiger partial charge in [-0.2, -0.15) is 0 Å². The SMILES string of the molecule is COc1ccc(N2CC(NC(=O)Nc3cccc(NC(C)=O)c3)CC2=O)cc1OC. The first-order valence-corrected chi connectivity index (χ1v) is 9.37. The number of carbonyl (C=O) groups excluding carboxylic acids is 3. The van der Waals surface area contributed by atoms with Gasteiger partial charge in [-0.25, -0.2) is 4.79 Å². The first kappa shape index (κ1) is 21.0. The second kappa shape index (κ2) is 9.17. The van der Waals surface area contributed by atoms with Crippen LogP contribution in [0.15, 0.2) is 42.5 Å². The lowest BCUT2D eigenvalue weighted by Gasteiger charge is -2.19. The van der Waals surface area contributed by atoms with E-state index in [0.717, 1.165) is 0 Å². The van der Waals surface area contributed by atoms with Crippen LogP contribution in [0, 0.1) is 0 Å². The molecule has 0 aromatic heterocycles. The van der Waals surface area contributed by atoms with Crippen molar-refractivity contribution in [3.05, 3.63) is 42.5 Å². The molecule has 0 spiro atoms. The molecule has 9 nitrogen and oxygen atoms in total. The molecule has 1 aliphatic rings. The van der Waals surface area contributed by atoms with Crippen molar-refractivity contribution < 1.29 is 23.9 Å². The summed E-state index contributed by atoms with van der Waals surface area (Å²) < 4.78 is 10.5. The molecule has 0 bridgehead atoms. The quantitative estimate of drug-likeness (QED) is 0.676. The Bertz CT molecular complexity index is 962. The molecule has 0 aliphatic carbocycles. The van der Waals surface area contributed by atoms with Crippen LogP contribution >= 0.6 is 0 Å². The summed E-state index contributed by atoms with van der Waals surface area (Å²) in [5.74, 6) is 0.802. The highest BCUT2D eigenvalue weighted by Crippen LogP contribution is 2.33. The third kappa shape index (κ3) is 4.99. The summed E-state index contributed by atoms with van der Waals surface area (Å²) in [6.07, 6.45) is 0.188. The van der Waals surface area contributed by atoms with Gasteiger partial charge in [-0.1, -0.05) is 6.07 Å². The van der Waals surface area contributed by atoms with Gasteiger partial charge in [0.25, 0.3) is 0 Å². The normalized spacial score (nSPS) is 15.5. The summed E-state index contributed by atoms with van der Waals surface area (Å²) >= 11 is 0. The Balaban J connectivity index is 1.62. The zero-order valence-corrected chi connectivity index (χ0v) is 17.0. The Morgan fingerprint density at radius 2 is 1.70 bits per heavy atom. The number of benzene rings is 2. The van der Waals surface area contributed by atoms with Crippen LogP contribution in [-0.4, -0.2) is 44.7 Å². The summed E-state index contributed by atoms with van der Waals surface area (Å²) in [5, 5.41) is 8.19. The molecule has 2 aromatic rings. The molecular weight excluding hydrogens is 388 g/mol. The van der Waals surface area contributed by atoms with Gasteiger partial charge in [0, 0.05) is 43.0 Å². The van der Waals surface area contributed by atoms with Gasteiger partial charge in [-0.05, 0) is 30.3 Å². The Morgan fingerprint density at radius 1 is 1.00 bits per heavy atom. The molecule has 1 heterocycles. The first-order valence-electron chi connectivity index (χ1n) is 9.37. The Kier molecular flexibility index (Phi) is 6.41. The highest BCUT2D eigenvalue weighted by molar-refractivity contribution is 5.98. The van der Waals surface area contributed by atoms with Gasteiger partial charge in [-0.15, -0.1) is 0 Å². The number of nitrogens with zero attached hydrogens (tertiary/aromatic N) is 1. The molecule has 9 heteroatoms. The molecular formula is C21H24N4O5. The Hall–Kier alpha value is -3.75. The van der Waals surface area contributed by atoms with E-state index < -0.39 is 6.03 Å². The molecule has 2 aromatic carbocycles. The monoisotopic (exact) mass is 412 g/mol. The molecule has 158 valence electrons. The smallest absolute Gasteiger partial charge is 0.319 e. The third-order valence-electron chi connectivity index (χ3n) is 4.58. The van der Waals surface area contributed by atoms with Crippen molar-refractivity contribution in [1.82, 2.24) is 5.32 Å². The summed E-state index contributed by atoms with van der Waals surface area (Å²) in [5.41, 5.74) is 1.78. The van der Waals surface area contributed by atoms with Crippen molar-refractivity contribution >= 4 is 34.9 Å². The topological polar surface area (TPSA) is 109 Å². The van der Waals surface area contributed by atoms with Crippen LogP contribution < -0.4 is 30.3 Å². The summed E-state index contributed by atoms with van der Waals surface area (Å²) in [6.45, 7) is 1.75. The van der Waals surface area contributed by atoms with Gasteiger partial charge in [0.1, 0.15) is 0 Å². The minimum atomic E-state index is -0.429. The zero-order chi connectivity index (χ0) is 21.7. The minimum Gasteiger partial charge on any atom is -0.493 e. The summed E-state index contributed by atoms with van der Waals surface area (Å²) in [7, 11) is 3.08. The van der Waals surface area contributed by atoms with Crippen molar-refractivity contribution in [2.24, 2.45) is 0 Å². The number of amides is 4. The van der Waals surface area contributed by atoms with E-state index in [1.165, 1.54) is 14.0 Å². The predicted octanol–water partition coefficient (Wildman–Crippen LogP) is 2.59. The van der Waals surface area contributed by atoms with E-state index in [4.69, 9.17) is 9.47 Å². The molecule has 1 fully saturated rings. The third-order valence-corrected chi connectivity index (χ3v) is 4.58. The molecule has 3 rings (SSSR count). The molecule has 0 radical (unpaired) electrons. The number of carbonyl (C=O) groups is 3. The maximum absolute atomic E-state index is 12.5. The highest BCUT2D eigenvalue weighted by Gasteiger charge is 2.32. The van der Waals surface area contributed by atoms with Gasteiger partial charge >= 0.3 is 6.03 Å². The summed E-state index contributed by atoms with van der Waals surface area (Å²) in [6, 6.07) is 11.3. The highest BCUT2D eigenvalue weighted by atomic mass is 16.5. The van der Waals surface area contributed by atoms with Gasteiger partial charge in [0.05, 0.1) is 20.3 Å². The van der Waals surface area contributed by atoms with E-state index in [2.05, 4.69) is 16.0 Å². The van der Waals surface area contributed by atoms with Crippen LogP contribution in [-0.2, 0) is 9.59 Å². The van der Waals surface area contributed by atoms with Crippen molar-refractivity contribution in [3.63, 3.8) is 0 Å². The van der Waals surface area contributed by atoms with E-state index in [1.807, 2.05) is 0 Å². The number of nitrogens with one attached hydrogen (secondary N) is 3. The standard InChI is InChI=1S/C21H24N4O5/c1-13(26)22-14-5-4-6-15(9-14)23-21(28)24-16-10-20(27)25(12-16)17-7-8-18(29-2)19(11-17)30-3/h4-9,11,16H,10,12H2,1-3H3,(H,22,26)(H2,23,24,28). The fraction of sp³-hybridized carbons (Fsp3) is 0.286. The summed E-state index contributed by atoms with van der Waals surface area (Å²) in [4.78, 5) is 37.6. The zero-order valence-electron chi connectivity index (χ0n) is 17.0.